The number of ether oxygens (including phenoxy) is 4. The fourth-order valence-corrected chi connectivity index (χ4v) is 10.2. The maximum absolute atomic E-state index is 6.11. The molecule has 6 heteroatoms. The van der Waals surface area contributed by atoms with Gasteiger partial charge in [-0.1, -0.05) is 39.8 Å². The summed E-state index contributed by atoms with van der Waals surface area (Å²) in [5.74, 6) is 0. The minimum absolute atomic E-state index is 0.352. The summed E-state index contributed by atoms with van der Waals surface area (Å²) in [5.41, 5.74) is -0.705. The van der Waals surface area contributed by atoms with Crippen LogP contribution >= 0.6 is 0 Å². The van der Waals surface area contributed by atoms with Crippen molar-refractivity contribution in [1.82, 2.24) is 0 Å². The van der Waals surface area contributed by atoms with Gasteiger partial charge < -0.3 is 18.9 Å². The molecule has 0 aromatic rings. The second-order valence-electron chi connectivity index (χ2n) is 7.17. The van der Waals surface area contributed by atoms with Gasteiger partial charge >= 0.3 is 0 Å². The quantitative estimate of drug-likeness (QED) is 0.305. The van der Waals surface area contributed by atoms with E-state index in [4.69, 9.17) is 18.9 Å². The van der Waals surface area contributed by atoms with E-state index in [1.807, 2.05) is 0 Å². The molecule has 0 radical (unpaired) electrons. The largest absolute Gasteiger partial charge is 0.355 e. The molecule has 146 valence electrons. The van der Waals surface area contributed by atoms with Gasteiger partial charge in [-0.05, 0) is 39.5 Å². The summed E-state index contributed by atoms with van der Waals surface area (Å²) >= 11 is 0. The third kappa shape index (κ3) is 11.0. The third-order valence-electron chi connectivity index (χ3n) is 3.88. The average molecular weight is 379 g/mol. The van der Waals surface area contributed by atoms with Gasteiger partial charge in [0.2, 0.25) is 0 Å². The zero-order valence-electron chi connectivity index (χ0n) is 17.3. The summed E-state index contributed by atoms with van der Waals surface area (Å²) < 4.78 is 24.4. The monoisotopic (exact) mass is 378 g/mol. The minimum Gasteiger partial charge on any atom is -0.355 e. The van der Waals surface area contributed by atoms with Crippen LogP contribution in [0.25, 0.3) is 0 Å². The SMILES string of the molecule is CCCOC(C)(OCCC)[SiH2]C(C)[SiH2]C(C)(OCCC)OCCC. The maximum atomic E-state index is 6.11. The summed E-state index contributed by atoms with van der Waals surface area (Å²) in [6, 6.07) is 0. The van der Waals surface area contributed by atoms with Crippen molar-refractivity contribution < 1.29 is 18.9 Å². The Labute approximate surface area is 155 Å². The molecule has 0 aliphatic carbocycles. The zero-order valence-corrected chi connectivity index (χ0v) is 20.1. The lowest BCUT2D eigenvalue weighted by molar-refractivity contribution is -0.171. The molecular weight excluding hydrogens is 336 g/mol. The molecule has 0 aliphatic heterocycles. The van der Waals surface area contributed by atoms with Gasteiger partial charge in [-0.3, -0.25) is 0 Å². The molecule has 0 amide bonds. The number of hydrogen-bond acceptors (Lipinski definition) is 4. The second-order valence-corrected chi connectivity index (χ2v) is 14.5. The van der Waals surface area contributed by atoms with Crippen molar-refractivity contribution in [3.8, 4) is 0 Å². The molecule has 0 saturated heterocycles. The van der Waals surface area contributed by atoms with Crippen LogP contribution in [0, 0.1) is 0 Å². The van der Waals surface area contributed by atoms with Crippen LogP contribution in [-0.4, -0.2) is 56.3 Å². The Balaban J connectivity index is 4.75. The fourth-order valence-electron chi connectivity index (χ4n) is 2.93. The Kier molecular flexibility index (Phi) is 13.6. The predicted molar refractivity (Wildman–Crippen MR) is 108 cm³/mol. The van der Waals surface area contributed by atoms with Gasteiger partial charge in [0, 0.05) is 26.4 Å². The highest BCUT2D eigenvalue weighted by Crippen LogP contribution is 2.23. The smallest absolute Gasteiger partial charge is 0.142 e. The van der Waals surface area contributed by atoms with Crippen LogP contribution in [0.4, 0.5) is 0 Å². The van der Waals surface area contributed by atoms with E-state index in [1.165, 1.54) is 0 Å². The molecule has 0 aromatic heterocycles. The number of rotatable bonds is 16. The van der Waals surface area contributed by atoms with E-state index < -0.39 is 19.0 Å². The van der Waals surface area contributed by atoms with Crippen LogP contribution in [0.15, 0.2) is 0 Å². The lowest BCUT2D eigenvalue weighted by atomic mass is 10.5. The Hall–Kier alpha value is 0.274. The first kappa shape index (κ1) is 24.3. The van der Waals surface area contributed by atoms with E-state index in [0.29, 0.717) is 5.16 Å². The molecule has 0 unspecified atom stereocenters. The van der Waals surface area contributed by atoms with Crippen molar-refractivity contribution in [3.05, 3.63) is 0 Å². The van der Waals surface area contributed by atoms with Gasteiger partial charge in [0.05, 0.1) is 19.0 Å². The van der Waals surface area contributed by atoms with Gasteiger partial charge in [-0.2, -0.15) is 0 Å². The molecule has 24 heavy (non-hydrogen) atoms. The van der Waals surface area contributed by atoms with Crippen LogP contribution < -0.4 is 0 Å². The van der Waals surface area contributed by atoms with Gasteiger partial charge in [0.1, 0.15) is 10.8 Å². The lowest BCUT2D eigenvalue weighted by Crippen LogP contribution is -2.47. The summed E-state index contributed by atoms with van der Waals surface area (Å²) in [6.45, 7) is 18.3. The van der Waals surface area contributed by atoms with Crippen molar-refractivity contribution >= 4 is 19.0 Å². The first-order valence-corrected chi connectivity index (χ1v) is 12.9. The molecule has 0 rings (SSSR count). The maximum Gasteiger partial charge on any atom is 0.142 e. The molecule has 0 saturated carbocycles. The van der Waals surface area contributed by atoms with Crippen molar-refractivity contribution in [1.29, 1.82) is 0 Å². The van der Waals surface area contributed by atoms with Gasteiger partial charge in [-0.15, -0.1) is 0 Å². The van der Waals surface area contributed by atoms with Crippen molar-refractivity contribution in [2.24, 2.45) is 0 Å². The Morgan fingerprint density at radius 3 is 1.08 bits per heavy atom. The third-order valence-corrected chi connectivity index (χ3v) is 9.31. The summed E-state index contributed by atoms with van der Waals surface area (Å²) in [5, 5.41) is 0.655. The summed E-state index contributed by atoms with van der Waals surface area (Å²) in [4.78, 5) is 0. The molecule has 0 atom stereocenters. The van der Waals surface area contributed by atoms with E-state index in [0.717, 1.165) is 52.1 Å². The van der Waals surface area contributed by atoms with Crippen LogP contribution in [0.1, 0.15) is 74.1 Å². The first-order chi connectivity index (χ1) is 11.3. The van der Waals surface area contributed by atoms with Gasteiger partial charge in [0.25, 0.3) is 0 Å². The molecule has 0 fully saturated rings. The van der Waals surface area contributed by atoms with Gasteiger partial charge in [-0.25, -0.2) is 0 Å². The molecule has 0 spiro atoms. The fraction of sp³-hybridized carbons (Fsp3) is 1.00. The predicted octanol–water partition coefficient (Wildman–Crippen LogP) is 3.14. The van der Waals surface area contributed by atoms with Crippen LogP contribution in [0.3, 0.4) is 0 Å². The molecule has 0 N–H and O–H groups in total. The van der Waals surface area contributed by atoms with E-state index in [9.17, 15) is 0 Å². The summed E-state index contributed by atoms with van der Waals surface area (Å²) in [6.07, 6.45) is 4.12. The highest BCUT2D eigenvalue weighted by Gasteiger charge is 2.34. The highest BCUT2D eigenvalue weighted by molar-refractivity contribution is 6.61. The van der Waals surface area contributed by atoms with E-state index >= 15 is 0 Å². The molecule has 0 heterocycles. The topological polar surface area (TPSA) is 36.9 Å². The Bertz CT molecular complexity index is 259. The van der Waals surface area contributed by atoms with Crippen molar-refractivity contribution in [2.75, 3.05) is 26.4 Å². The minimum atomic E-state index is -0.556. The van der Waals surface area contributed by atoms with Crippen LogP contribution in [0.5, 0.6) is 0 Å². The Morgan fingerprint density at radius 1 is 0.625 bits per heavy atom. The average Bonchev–Trinajstić information content (AvgIpc) is 2.54. The summed E-state index contributed by atoms with van der Waals surface area (Å²) in [7, 11) is -1.11. The Morgan fingerprint density at radius 2 is 0.875 bits per heavy atom. The van der Waals surface area contributed by atoms with Crippen molar-refractivity contribution in [3.63, 3.8) is 0 Å². The van der Waals surface area contributed by atoms with Crippen molar-refractivity contribution in [2.45, 2.75) is 90.1 Å². The normalized spacial score (nSPS) is 15.1. The van der Waals surface area contributed by atoms with E-state index in [2.05, 4.69) is 48.5 Å². The molecule has 0 bridgehead atoms. The molecule has 0 aromatic carbocycles. The molecular formula is C18H42O4Si2. The molecule has 0 aliphatic rings. The van der Waals surface area contributed by atoms with E-state index in [-0.39, 0.29) is 10.8 Å². The zero-order chi connectivity index (χ0) is 18.5. The lowest BCUT2D eigenvalue weighted by Gasteiger charge is -2.36. The van der Waals surface area contributed by atoms with Gasteiger partial charge in [0.15, 0.2) is 0 Å². The van der Waals surface area contributed by atoms with Crippen LogP contribution in [-0.2, 0) is 18.9 Å². The van der Waals surface area contributed by atoms with E-state index in [1.54, 1.807) is 0 Å². The highest BCUT2D eigenvalue weighted by atomic mass is 28.3. The first-order valence-electron chi connectivity index (χ1n) is 9.90. The van der Waals surface area contributed by atoms with Crippen LogP contribution in [0.2, 0.25) is 5.16 Å². The standard InChI is InChI=1S/C18H42O4Si2/c1-8-12-19-17(6,20-13-9-2)23-16(5)24-18(7,21-14-10-3)22-15-11-4/h16H,8-15,23-24H2,1-7H3. The molecule has 4 nitrogen and oxygen atoms in total. The number of hydrogen-bond donors (Lipinski definition) is 0. The second kappa shape index (κ2) is 13.5.